The van der Waals surface area contributed by atoms with Crippen LogP contribution >= 0.6 is 0 Å². The molecule has 0 aliphatic rings. The normalized spacial score (nSPS) is 17.8. The molecule has 0 spiro atoms. The van der Waals surface area contributed by atoms with Crippen LogP contribution < -0.4 is 0 Å². The van der Waals surface area contributed by atoms with Crippen molar-refractivity contribution in [2.75, 3.05) is 14.2 Å². The molecule has 0 saturated heterocycles. The highest BCUT2D eigenvalue weighted by atomic mass is 17.4. The van der Waals surface area contributed by atoms with Crippen molar-refractivity contribution < 1.29 is 38.8 Å². The summed E-state index contributed by atoms with van der Waals surface area (Å²) in [5.74, 6) is -3.76. The minimum Gasteiger partial charge on any atom is -0.351 e. The molecule has 0 aromatic carbocycles. The molecule has 170 valence electrons. The Balaban J connectivity index is 5.22. The van der Waals surface area contributed by atoms with Crippen LogP contribution in [-0.4, -0.2) is 37.4 Å². The highest BCUT2D eigenvalue weighted by Crippen LogP contribution is 2.31. The Morgan fingerprint density at radius 2 is 0.750 bits per heavy atom. The lowest BCUT2D eigenvalue weighted by molar-refractivity contribution is -0.602. The van der Waals surface area contributed by atoms with Gasteiger partial charge >= 0.3 is 0 Å². The van der Waals surface area contributed by atoms with Gasteiger partial charge in [0, 0.05) is 27.1 Å². The molecule has 0 N–H and O–H groups in total. The van der Waals surface area contributed by atoms with E-state index in [-0.39, 0.29) is 11.8 Å². The van der Waals surface area contributed by atoms with Crippen molar-refractivity contribution in [1.29, 1.82) is 0 Å². The van der Waals surface area contributed by atoms with Gasteiger partial charge in [0.05, 0.1) is 0 Å². The van der Waals surface area contributed by atoms with Crippen LogP contribution in [0.25, 0.3) is 0 Å². The SMILES string of the molecule is COC(C)(C)OOC(C)(CC(C)C)OOC(C)(CC(C)C)OOC(C)(C)OC. The molecule has 0 aromatic rings. The van der Waals surface area contributed by atoms with E-state index in [9.17, 15) is 0 Å². The van der Waals surface area contributed by atoms with Crippen LogP contribution in [0.5, 0.6) is 0 Å². The van der Waals surface area contributed by atoms with Crippen molar-refractivity contribution in [3.8, 4) is 0 Å². The van der Waals surface area contributed by atoms with Crippen LogP contribution in [0, 0.1) is 11.8 Å². The summed E-state index contributed by atoms with van der Waals surface area (Å²) >= 11 is 0. The topological polar surface area (TPSA) is 73.8 Å². The Hall–Kier alpha value is -0.320. The number of methoxy groups -OCH3 is 2. The molecule has 0 bridgehead atoms. The molecule has 0 aromatic heterocycles. The fourth-order valence-electron chi connectivity index (χ4n) is 2.27. The summed E-state index contributed by atoms with van der Waals surface area (Å²) in [6.45, 7) is 18.6. The van der Waals surface area contributed by atoms with E-state index in [2.05, 4.69) is 0 Å². The number of hydrogen-bond donors (Lipinski definition) is 0. The van der Waals surface area contributed by atoms with Crippen molar-refractivity contribution in [3.63, 3.8) is 0 Å². The van der Waals surface area contributed by atoms with Crippen molar-refractivity contribution in [3.05, 3.63) is 0 Å². The molecule has 28 heavy (non-hydrogen) atoms. The first-order valence-electron chi connectivity index (χ1n) is 9.78. The fraction of sp³-hybridized carbons (Fsp3) is 1.00. The molecule has 0 aliphatic heterocycles. The van der Waals surface area contributed by atoms with E-state index in [4.69, 9.17) is 38.8 Å². The fourth-order valence-corrected chi connectivity index (χ4v) is 2.27. The first kappa shape index (κ1) is 27.7. The van der Waals surface area contributed by atoms with Gasteiger partial charge in [0.25, 0.3) is 0 Å². The zero-order valence-corrected chi connectivity index (χ0v) is 19.8. The average Bonchev–Trinajstić information content (AvgIpc) is 2.56. The summed E-state index contributed by atoms with van der Waals surface area (Å²) < 4.78 is 10.4. The third kappa shape index (κ3) is 11.6. The van der Waals surface area contributed by atoms with Gasteiger partial charge in [-0.15, -0.1) is 0 Å². The first-order chi connectivity index (χ1) is 12.6. The highest BCUT2D eigenvalue weighted by Gasteiger charge is 2.40. The molecule has 2 atom stereocenters. The monoisotopic (exact) mass is 410 g/mol. The van der Waals surface area contributed by atoms with E-state index < -0.39 is 23.1 Å². The van der Waals surface area contributed by atoms with Crippen molar-refractivity contribution >= 4 is 0 Å². The molecule has 2 unspecified atom stereocenters. The number of ether oxygens (including phenoxy) is 2. The maximum atomic E-state index is 5.70. The summed E-state index contributed by atoms with van der Waals surface area (Å²) in [5, 5.41) is 0. The van der Waals surface area contributed by atoms with Gasteiger partial charge in [-0.2, -0.15) is 29.3 Å². The quantitative estimate of drug-likeness (QED) is 0.209. The van der Waals surface area contributed by atoms with E-state index in [1.165, 1.54) is 14.2 Å². The number of hydrogen-bond acceptors (Lipinski definition) is 8. The van der Waals surface area contributed by atoms with Crippen LogP contribution in [0.1, 0.15) is 82.1 Å². The van der Waals surface area contributed by atoms with Crippen molar-refractivity contribution in [2.24, 2.45) is 11.8 Å². The van der Waals surface area contributed by atoms with Gasteiger partial charge in [0.15, 0.2) is 11.6 Å². The van der Waals surface area contributed by atoms with Crippen molar-refractivity contribution in [2.45, 2.75) is 105 Å². The zero-order valence-electron chi connectivity index (χ0n) is 19.8. The Kier molecular flexibility index (Phi) is 11.0. The molecule has 8 heteroatoms. The van der Waals surface area contributed by atoms with Crippen LogP contribution in [0.3, 0.4) is 0 Å². The van der Waals surface area contributed by atoms with Crippen molar-refractivity contribution in [1.82, 2.24) is 0 Å². The Morgan fingerprint density at radius 3 is 0.964 bits per heavy atom. The predicted octanol–water partition coefficient (Wildman–Crippen LogP) is 5.12. The van der Waals surface area contributed by atoms with E-state index >= 15 is 0 Å². The molecule has 0 heterocycles. The van der Waals surface area contributed by atoms with Gasteiger partial charge in [-0.3, -0.25) is 0 Å². The van der Waals surface area contributed by atoms with Crippen LogP contribution in [0.4, 0.5) is 0 Å². The summed E-state index contributed by atoms with van der Waals surface area (Å²) in [7, 11) is 3.06. The molecule has 0 radical (unpaired) electrons. The molecule has 0 amide bonds. The Morgan fingerprint density at radius 1 is 0.500 bits per heavy atom. The predicted molar refractivity (Wildman–Crippen MR) is 104 cm³/mol. The summed E-state index contributed by atoms with van der Waals surface area (Å²) in [6.07, 6.45) is 1.02. The molecule has 0 fully saturated rings. The molecular formula is C20H42O8. The van der Waals surface area contributed by atoms with E-state index in [0.717, 1.165) is 0 Å². The lowest BCUT2D eigenvalue weighted by Crippen LogP contribution is -2.44. The standard InChI is InChI=1S/C20H42O8/c1-15(2)13-19(9,25-23-17(5,6)21-11)27-28-20(10,14-16(3)4)26-24-18(7,8)22-12/h15-16H,13-14H2,1-12H3. The van der Waals surface area contributed by atoms with Gasteiger partial charge in [0.2, 0.25) is 11.6 Å². The summed E-state index contributed by atoms with van der Waals surface area (Å²) in [5.41, 5.74) is 0. The maximum Gasteiger partial charge on any atom is 0.231 e. The van der Waals surface area contributed by atoms with Gasteiger partial charge in [-0.1, -0.05) is 27.7 Å². The third-order valence-corrected chi connectivity index (χ3v) is 3.77. The van der Waals surface area contributed by atoms with E-state index in [0.29, 0.717) is 12.8 Å². The average molecular weight is 411 g/mol. The second-order valence-electron chi connectivity index (χ2n) is 9.17. The van der Waals surface area contributed by atoms with Crippen LogP contribution in [-0.2, 0) is 38.8 Å². The summed E-state index contributed by atoms with van der Waals surface area (Å²) in [4.78, 5) is 33.3. The second-order valence-corrected chi connectivity index (χ2v) is 9.17. The first-order valence-corrected chi connectivity index (χ1v) is 9.78. The highest BCUT2D eigenvalue weighted by molar-refractivity contribution is 4.66. The largest absolute Gasteiger partial charge is 0.351 e. The second kappa shape index (κ2) is 11.2. The minimum atomic E-state index is -1.19. The van der Waals surface area contributed by atoms with Gasteiger partial charge in [-0.25, -0.2) is 0 Å². The molecule has 0 saturated carbocycles. The third-order valence-electron chi connectivity index (χ3n) is 3.77. The summed E-state index contributed by atoms with van der Waals surface area (Å²) in [6, 6.07) is 0. The smallest absolute Gasteiger partial charge is 0.231 e. The Labute approximate surface area is 170 Å². The molecule has 8 nitrogen and oxygen atoms in total. The van der Waals surface area contributed by atoms with Gasteiger partial charge < -0.3 is 9.47 Å². The molecular weight excluding hydrogens is 368 g/mol. The van der Waals surface area contributed by atoms with Crippen LogP contribution in [0.2, 0.25) is 0 Å². The van der Waals surface area contributed by atoms with Gasteiger partial charge in [-0.05, 0) is 53.4 Å². The van der Waals surface area contributed by atoms with E-state index in [1.54, 1.807) is 41.5 Å². The molecule has 0 rings (SSSR count). The van der Waals surface area contributed by atoms with Gasteiger partial charge in [0.1, 0.15) is 0 Å². The maximum absolute atomic E-state index is 5.70. The lowest BCUT2D eigenvalue weighted by atomic mass is 10.0. The zero-order chi connectivity index (χ0) is 22.2. The Bertz CT molecular complexity index is 398. The number of rotatable bonds is 15. The van der Waals surface area contributed by atoms with E-state index in [1.807, 2.05) is 27.7 Å². The minimum absolute atomic E-state index is 0.254. The lowest BCUT2D eigenvalue weighted by Gasteiger charge is -2.37. The van der Waals surface area contributed by atoms with Crippen LogP contribution in [0.15, 0.2) is 0 Å². The molecule has 0 aliphatic carbocycles.